The third-order valence-electron chi connectivity index (χ3n) is 3.07. The summed E-state index contributed by atoms with van der Waals surface area (Å²) in [5.74, 6) is 0.421. The molecule has 0 aliphatic carbocycles. The molecule has 0 saturated carbocycles. The third kappa shape index (κ3) is 7.01. The molecule has 0 atom stereocenters. The Morgan fingerprint density at radius 3 is 2.64 bits per heavy atom. The average Bonchev–Trinajstić information content (AvgIpc) is 3.04. The molecule has 1 heterocycles. The van der Waals surface area contributed by atoms with E-state index in [0.29, 0.717) is 27.5 Å². The molecule has 2 N–H and O–H groups in total. The maximum absolute atomic E-state index is 12.1. The fourth-order valence-electron chi connectivity index (χ4n) is 1.76. The van der Waals surface area contributed by atoms with Crippen LogP contribution in [0.3, 0.4) is 0 Å². The summed E-state index contributed by atoms with van der Waals surface area (Å²) in [4.78, 5) is 23.9. The van der Waals surface area contributed by atoms with E-state index in [1.165, 1.54) is 11.8 Å². The molecule has 0 aliphatic heterocycles. The Bertz CT molecular complexity index is 719. The molecule has 0 spiro atoms. The number of halogens is 1. The fraction of sp³-hybridized carbons (Fsp3) is 0.375. The number of nitrogens with zero attached hydrogens (tertiary/aromatic N) is 2. The summed E-state index contributed by atoms with van der Waals surface area (Å²) in [5, 5.41) is 14.2. The Kier molecular flexibility index (Phi) is 7.67. The van der Waals surface area contributed by atoms with Gasteiger partial charge in [-0.2, -0.15) is 0 Å². The van der Waals surface area contributed by atoms with Gasteiger partial charge in [0, 0.05) is 17.3 Å². The highest BCUT2D eigenvalue weighted by Gasteiger charge is 2.14. The van der Waals surface area contributed by atoms with Crippen LogP contribution in [-0.2, 0) is 4.79 Å². The van der Waals surface area contributed by atoms with Gasteiger partial charge in [0.2, 0.25) is 10.9 Å². The van der Waals surface area contributed by atoms with Crippen molar-refractivity contribution in [1.29, 1.82) is 0 Å². The zero-order valence-corrected chi connectivity index (χ0v) is 16.3. The van der Waals surface area contributed by atoms with Crippen LogP contribution in [0.2, 0.25) is 5.02 Å². The smallest absolute Gasteiger partial charge is 0.286 e. The maximum atomic E-state index is 12.1. The van der Waals surface area contributed by atoms with Crippen molar-refractivity contribution in [2.75, 3.05) is 17.6 Å². The van der Waals surface area contributed by atoms with Crippen molar-refractivity contribution < 1.29 is 9.59 Å². The van der Waals surface area contributed by atoms with E-state index >= 15 is 0 Å². The predicted molar refractivity (Wildman–Crippen MR) is 103 cm³/mol. The largest absolute Gasteiger partial charge is 0.355 e. The summed E-state index contributed by atoms with van der Waals surface area (Å²) in [6.45, 7) is 4.89. The van der Waals surface area contributed by atoms with Crippen LogP contribution in [-0.4, -0.2) is 34.3 Å². The molecule has 0 aliphatic rings. The number of amides is 2. The monoisotopic (exact) mass is 398 g/mol. The van der Waals surface area contributed by atoms with E-state index in [4.69, 9.17) is 11.6 Å². The number of nitrogens with one attached hydrogen (secondary N) is 2. The molecule has 1 aromatic carbocycles. The lowest BCUT2D eigenvalue weighted by Gasteiger charge is -2.05. The number of carbonyl (C=O) groups is 2. The molecule has 0 radical (unpaired) electrons. The Labute approximate surface area is 159 Å². The molecule has 25 heavy (non-hydrogen) atoms. The summed E-state index contributed by atoms with van der Waals surface area (Å²) >= 11 is 8.23. The van der Waals surface area contributed by atoms with Crippen molar-refractivity contribution in [3.8, 4) is 0 Å². The molecule has 2 rings (SSSR count). The van der Waals surface area contributed by atoms with Crippen molar-refractivity contribution in [3.63, 3.8) is 0 Å². The van der Waals surface area contributed by atoms with Gasteiger partial charge in [0.25, 0.3) is 5.91 Å². The van der Waals surface area contributed by atoms with Crippen molar-refractivity contribution >= 4 is 52.2 Å². The molecule has 0 saturated heterocycles. The van der Waals surface area contributed by atoms with Gasteiger partial charge in [-0.25, -0.2) is 0 Å². The summed E-state index contributed by atoms with van der Waals surface area (Å²) in [7, 11) is 0. The van der Waals surface area contributed by atoms with E-state index in [1.807, 2.05) is 0 Å². The molecular weight excluding hydrogens is 380 g/mol. The summed E-state index contributed by atoms with van der Waals surface area (Å²) < 4.78 is 0.584. The average molecular weight is 399 g/mol. The Hall–Kier alpha value is -1.64. The van der Waals surface area contributed by atoms with Gasteiger partial charge in [0.15, 0.2) is 4.34 Å². The molecule has 1 aromatic heterocycles. The van der Waals surface area contributed by atoms with Crippen molar-refractivity contribution in [2.24, 2.45) is 5.92 Å². The lowest BCUT2D eigenvalue weighted by molar-refractivity contribution is -0.118. The second-order valence-corrected chi connectivity index (χ2v) is 8.29. The quantitative estimate of drug-likeness (QED) is 0.662. The Morgan fingerprint density at radius 2 is 1.96 bits per heavy atom. The van der Waals surface area contributed by atoms with E-state index in [9.17, 15) is 9.59 Å². The van der Waals surface area contributed by atoms with Gasteiger partial charge in [-0.15, -0.1) is 10.2 Å². The molecule has 6 nitrogen and oxygen atoms in total. The highest BCUT2D eigenvalue weighted by atomic mass is 35.5. The molecule has 2 amide bonds. The zero-order valence-electron chi connectivity index (χ0n) is 13.9. The van der Waals surface area contributed by atoms with Crippen molar-refractivity contribution in [2.45, 2.75) is 24.6 Å². The number of thioether (sulfide) groups is 1. The van der Waals surface area contributed by atoms with Crippen LogP contribution in [0.15, 0.2) is 28.6 Å². The zero-order chi connectivity index (χ0) is 18.2. The van der Waals surface area contributed by atoms with Gasteiger partial charge < -0.3 is 10.6 Å². The van der Waals surface area contributed by atoms with Crippen LogP contribution >= 0.6 is 34.7 Å². The minimum Gasteiger partial charge on any atom is -0.355 e. The normalized spacial score (nSPS) is 10.7. The number of aromatic nitrogens is 2. The standard InChI is InChI=1S/C16H19ClN4O2S2/c1-10(2)7-8-18-13(22)9-24-16-21-20-15(25-16)14(23)19-12-5-3-11(17)4-6-12/h3-6,10H,7-9H2,1-2H3,(H,18,22)(H,19,23). The van der Waals surface area contributed by atoms with Gasteiger partial charge in [-0.3, -0.25) is 9.59 Å². The SMILES string of the molecule is CC(C)CCNC(=O)CSc1nnc(C(=O)Nc2ccc(Cl)cc2)s1. The number of anilines is 1. The minimum absolute atomic E-state index is 0.0481. The van der Waals surface area contributed by atoms with Crippen LogP contribution < -0.4 is 10.6 Å². The number of hydrogen-bond acceptors (Lipinski definition) is 6. The van der Waals surface area contributed by atoms with Crippen LogP contribution in [0.25, 0.3) is 0 Å². The molecule has 0 fully saturated rings. The van der Waals surface area contributed by atoms with Gasteiger partial charge in [-0.1, -0.05) is 48.5 Å². The van der Waals surface area contributed by atoms with E-state index in [0.717, 1.165) is 17.8 Å². The molecule has 2 aromatic rings. The van der Waals surface area contributed by atoms with E-state index < -0.39 is 0 Å². The predicted octanol–water partition coefficient (Wildman–Crippen LogP) is 3.70. The van der Waals surface area contributed by atoms with Crippen molar-refractivity contribution in [1.82, 2.24) is 15.5 Å². The Morgan fingerprint density at radius 1 is 1.24 bits per heavy atom. The highest BCUT2D eigenvalue weighted by Crippen LogP contribution is 2.23. The molecule has 134 valence electrons. The molecule has 0 bridgehead atoms. The summed E-state index contributed by atoms with van der Waals surface area (Å²) in [6, 6.07) is 6.80. The van der Waals surface area contributed by atoms with Gasteiger partial charge in [0.1, 0.15) is 0 Å². The summed E-state index contributed by atoms with van der Waals surface area (Å²) in [5.41, 5.74) is 0.628. The van der Waals surface area contributed by atoms with Gasteiger partial charge in [-0.05, 0) is 36.6 Å². The highest BCUT2D eigenvalue weighted by molar-refractivity contribution is 8.01. The number of benzene rings is 1. The first kappa shape index (κ1) is 19.7. The first-order chi connectivity index (χ1) is 11.9. The van der Waals surface area contributed by atoms with E-state index in [1.54, 1.807) is 24.3 Å². The van der Waals surface area contributed by atoms with E-state index in [-0.39, 0.29) is 22.6 Å². The van der Waals surface area contributed by atoms with Crippen LogP contribution in [0.4, 0.5) is 5.69 Å². The first-order valence-electron chi connectivity index (χ1n) is 7.74. The molecule has 0 unspecified atom stereocenters. The summed E-state index contributed by atoms with van der Waals surface area (Å²) in [6.07, 6.45) is 0.949. The first-order valence-corrected chi connectivity index (χ1v) is 9.92. The topological polar surface area (TPSA) is 84.0 Å². The molecular formula is C16H19ClN4O2S2. The maximum Gasteiger partial charge on any atom is 0.286 e. The third-order valence-corrected chi connectivity index (χ3v) is 5.38. The second kappa shape index (κ2) is 9.74. The Balaban J connectivity index is 1.80. The van der Waals surface area contributed by atoms with Crippen LogP contribution in [0.5, 0.6) is 0 Å². The lowest BCUT2D eigenvalue weighted by atomic mass is 10.1. The van der Waals surface area contributed by atoms with Crippen LogP contribution in [0.1, 0.15) is 30.1 Å². The van der Waals surface area contributed by atoms with Crippen molar-refractivity contribution in [3.05, 3.63) is 34.3 Å². The molecule has 9 heteroatoms. The fourth-order valence-corrected chi connectivity index (χ4v) is 3.46. The van der Waals surface area contributed by atoms with E-state index in [2.05, 4.69) is 34.7 Å². The number of rotatable bonds is 8. The number of carbonyl (C=O) groups excluding carboxylic acids is 2. The minimum atomic E-state index is -0.340. The van der Waals surface area contributed by atoms with Gasteiger partial charge in [0.05, 0.1) is 5.75 Å². The van der Waals surface area contributed by atoms with Gasteiger partial charge >= 0.3 is 0 Å². The lowest BCUT2D eigenvalue weighted by Crippen LogP contribution is -2.26. The number of hydrogen-bond donors (Lipinski definition) is 2. The second-order valence-electron chi connectivity index (χ2n) is 5.66. The van der Waals surface area contributed by atoms with Crippen LogP contribution in [0, 0.1) is 5.92 Å².